The first-order valence-corrected chi connectivity index (χ1v) is 12.9. The Kier molecular flexibility index (Phi) is 7.69. The van der Waals surface area contributed by atoms with E-state index in [0.717, 1.165) is 35.2 Å². The van der Waals surface area contributed by atoms with Crippen molar-refractivity contribution in [2.45, 2.75) is 36.6 Å². The lowest BCUT2D eigenvalue weighted by Crippen LogP contribution is -2.44. The number of thiophene rings is 2. The van der Waals surface area contributed by atoms with Crippen LogP contribution in [0, 0.1) is 5.92 Å². The van der Waals surface area contributed by atoms with Crippen molar-refractivity contribution < 1.29 is 13.2 Å². The Morgan fingerprint density at radius 2 is 2.00 bits per heavy atom. The number of nitrogens with zero attached hydrogens (tertiary/aromatic N) is 1. The largest absolute Gasteiger partial charge is 0.336 e. The minimum absolute atomic E-state index is 0.183. The lowest BCUT2D eigenvalue weighted by molar-refractivity contribution is 0.138. The fraction of sp³-hybridized carbons (Fsp3) is 0.526. The van der Waals surface area contributed by atoms with Gasteiger partial charge in [-0.05, 0) is 62.5 Å². The Balaban J connectivity index is 1.52. The van der Waals surface area contributed by atoms with Crippen LogP contribution in [0.15, 0.2) is 33.9 Å². The quantitative estimate of drug-likeness (QED) is 0.570. The van der Waals surface area contributed by atoms with Gasteiger partial charge in [-0.15, -0.1) is 22.7 Å². The number of sulfonamides is 1. The first-order valence-electron chi connectivity index (χ1n) is 9.70. The summed E-state index contributed by atoms with van der Waals surface area (Å²) in [6.45, 7) is 5.22. The van der Waals surface area contributed by atoms with Crippen molar-refractivity contribution in [3.63, 3.8) is 0 Å². The second kappa shape index (κ2) is 10.0. The van der Waals surface area contributed by atoms with Crippen LogP contribution in [0.4, 0.5) is 4.79 Å². The number of piperidine rings is 1. The zero-order valence-electron chi connectivity index (χ0n) is 16.7. The van der Waals surface area contributed by atoms with Crippen molar-refractivity contribution in [1.29, 1.82) is 0 Å². The monoisotopic (exact) mass is 456 g/mol. The van der Waals surface area contributed by atoms with E-state index in [-0.39, 0.29) is 16.3 Å². The highest BCUT2D eigenvalue weighted by molar-refractivity contribution is 7.91. The van der Waals surface area contributed by atoms with Crippen LogP contribution in [0.2, 0.25) is 0 Å². The zero-order valence-corrected chi connectivity index (χ0v) is 19.1. The average Bonchev–Trinajstić information content (AvgIpc) is 3.40. The van der Waals surface area contributed by atoms with Crippen LogP contribution in [0.3, 0.4) is 0 Å². The average molecular weight is 457 g/mol. The van der Waals surface area contributed by atoms with Gasteiger partial charge in [-0.3, -0.25) is 4.90 Å². The molecular weight excluding hydrogens is 428 g/mol. The summed E-state index contributed by atoms with van der Waals surface area (Å²) in [5.74, 6) is 0.758. The summed E-state index contributed by atoms with van der Waals surface area (Å²) in [4.78, 5) is 16.8. The van der Waals surface area contributed by atoms with Gasteiger partial charge in [-0.25, -0.2) is 17.9 Å². The van der Waals surface area contributed by atoms with Crippen LogP contribution in [0.1, 0.15) is 35.6 Å². The van der Waals surface area contributed by atoms with Gasteiger partial charge in [-0.1, -0.05) is 13.0 Å². The molecule has 2 aromatic heterocycles. The molecule has 0 bridgehead atoms. The molecule has 7 nitrogen and oxygen atoms in total. The van der Waals surface area contributed by atoms with Gasteiger partial charge in [0.1, 0.15) is 4.21 Å². The lowest BCUT2D eigenvalue weighted by Gasteiger charge is -2.36. The molecule has 2 aromatic rings. The van der Waals surface area contributed by atoms with E-state index in [1.807, 2.05) is 6.07 Å². The number of nitrogens with one attached hydrogen (secondary N) is 3. The second-order valence-electron chi connectivity index (χ2n) is 7.24. The number of urea groups is 1. The number of likely N-dealkylation sites (tertiary alicyclic amines) is 1. The summed E-state index contributed by atoms with van der Waals surface area (Å²) >= 11 is 2.87. The zero-order chi connectivity index (χ0) is 20.9. The van der Waals surface area contributed by atoms with Gasteiger partial charge in [0.2, 0.25) is 10.0 Å². The molecule has 1 saturated heterocycles. The van der Waals surface area contributed by atoms with E-state index < -0.39 is 10.0 Å². The Labute approximate surface area is 180 Å². The van der Waals surface area contributed by atoms with Crippen molar-refractivity contribution in [3.8, 4) is 0 Å². The first-order chi connectivity index (χ1) is 13.9. The van der Waals surface area contributed by atoms with E-state index >= 15 is 0 Å². The summed E-state index contributed by atoms with van der Waals surface area (Å²) in [5.41, 5.74) is 0. The van der Waals surface area contributed by atoms with Crippen LogP contribution >= 0.6 is 22.7 Å². The SMILES string of the molecule is CNS(=O)(=O)c1ccc(CNC(=O)NC[C@@H](c2cccs2)N2CCC(C)CC2)s1. The minimum atomic E-state index is -3.44. The van der Waals surface area contributed by atoms with E-state index in [1.54, 1.807) is 23.5 Å². The van der Waals surface area contributed by atoms with Crippen LogP contribution in [0.25, 0.3) is 0 Å². The molecule has 2 amide bonds. The number of hydrogen-bond acceptors (Lipinski definition) is 6. The summed E-state index contributed by atoms with van der Waals surface area (Å²) in [5, 5.41) is 7.88. The number of carbonyl (C=O) groups is 1. The van der Waals surface area contributed by atoms with E-state index in [9.17, 15) is 13.2 Å². The molecule has 3 rings (SSSR count). The molecule has 1 atom stereocenters. The molecule has 0 unspecified atom stereocenters. The molecule has 1 aliphatic rings. The van der Waals surface area contributed by atoms with Crippen LogP contribution in [-0.2, 0) is 16.6 Å². The topological polar surface area (TPSA) is 90.5 Å². The number of hydrogen-bond donors (Lipinski definition) is 3. The summed E-state index contributed by atoms with van der Waals surface area (Å²) in [6, 6.07) is 7.38. The van der Waals surface area contributed by atoms with Gasteiger partial charge in [-0.2, -0.15) is 0 Å². The first kappa shape index (κ1) is 22.2. The molecule has 3 N–H and O–H groups in total. The van der Waals surface area contributed by atoms with Crippen LogP contribution in [0.5, 0.6) is 0 Å². The smallest absolute Gasteiger partial charge is 0.315 e. The highest BCUT2D eigenvalue weighted by Crippen LogP contribution is 2.29. The highest BCUT2D eigenvalue weighted by atomic mass is 32.2. The van der Waals surface area contributed by atoms with Crippen molar-refractivity contribution >= 4 is 38.7 Å². The second-order valence-corrected chi connectivity index (χ2v) is 11.5. The molecule has 0 aromatic carbocycles. The third-order valence-corrected chi connectivity index (χ3v) is 9.15. The van der Waals surface area contributed by atoms with E-state index in [0.29, 0.717) is 13.1 Å². The number of amides is 2. The molecule has 0 spiro atoms. The van der Waals surface area contributed by atoms with Gasteiger partial charge < -0.3 is 10.6 Å². The molecule has 0 saturated carbocycles. The van der Waals surface area contributed by atoms with Crippen molar-refractivity contribution in [1.82, 2.24) is 20.3 Å². The predicted octanol–water partition coefficient (Wildman–Crippen LogP) is 2.99. The summed E-state index contributed by atoms with van der Waals surface area (Å²) in [7, 11) is -2.06. The van der Waals surface area contributed by atoms with Gasteiger partial charge >= 0.3 is 6.03 Å². The van der Waals surface area contributed by atoms with E-state index in [2.05, 4.69) is 38.6 Å². The standard InChI is InChI=1S/C19H28N4O3S3/c1-14-7-9-23(10-8-14)16(17-4-3-11-27-17)13-22-19(24)21-12-15-5-6-18(28-15)29(25,26)20-2/h3-6,11,14,16,20H,7-10,12-13H2,1-2H3,(H2,21,22,24)/t16-/m0/s1. The minimum Gasteiger partial charge on any atom is -0.336 e. The fourth-order valence-electron chi connectivity index (χ4n) is 3.35. The highest BCUT2D eigenvalue weighted by Gasteiger charge is 2.25. The molecule has 3 heterocycles. The maximum absolute atomic E-state index is 12.3. The fourth-order valence-corrected chi connectivity index (χ4v) is 6.34. The van der Waals surface area contributed by atoms with Gasteiger partial charge in [0.15, 0.2) is 0 Å². The normalized spacial score (nSPS) is 17.2. The maximum Gasteiger partial charge on any atom is 0.315 e. The molecule has 0 radical (unpaired) electrons. The molecule has 1 aliphatic heterocycles. The molecular formula is C19H28N4O3S3. The molecule has 160 valence electrons. The van der Waals surface area contributed by atoms with Gasteiger partial charge in [0, 0.05) is 16.3 Å². The number of rotatable bonds is 8. The van der Waals surface area contributed by atoms with Crippen molar-refractivity contribution in [3.05, 3.63) is 39.4 Å². The van der Waals surface area contributed by atoms with Gasteiger partial charge in [0.05, 0.1) is 12.6 Å². The maximum atomic E-state index is 12.3. The van der Waals surface area contributed by atoms with Crippen LogP contribution < -0.4 is 15.4 Å². The van der Waals surface area contributed by atoms with Crippen molar-refractivity contribution in [2.75, 3.05) is 26.7 Å². The Morgan fingerprint density at radius 1 is 1.24 bits per heavy atom. The molecule has 10 heteroatoms. The van der Waals surface area contributed by atoms with Crippen molar-refractivity contribution in [2.24, 2.45) is 5.92 Å². The number of carbonyl (C=O) groups excluding carboxylic acids is 1. The summed E-state index contributed by atoms with van der Waals surface area (Å²) in [6.07, 6.45) is 2.37. The van der Waals surface area contributed by atoms with E-state index in [4.69, 9.17) is 0 Å². The van der Waals surface area contributed by atoms with E-state index in [1.165, 1.54) is 24.8 Å². The Bertz CT molecular complexity index is 888. The van der Waals surface area contributed by atoms with Crippen LogP contribution in [-0.4, -0.2) is 46.0 Å². The molecule has 29 heavy (non-hydrogen) atoms. The van der Waals surface area contributed by atoms with Gasteiger partial charge in [0.25, 0.3) is 0 Å². The molecule has 0 aliphatic carbocycles. The Morgan fingerprint density at radius 3 is 2.66 bits per heavy atom. The lowest BCUT2D eigenvalue weighted by atomic mass is 9.97. The Hall–Kier alpha value is -1.46. The predicted molar refractivity (Wildman–Crippen MR) is 118 cm³/mol. The summed E-state index contributed by atoms with van der Waals surface area (Å²) < 4.78 is 26.2. The molecule has 1 fully saturated rings. The third-order valence-electron chi connectivity index (χ3n) is 5.18. The third kappa shape index (κ3) is 6.02.